The van der Waals surface area contributed by atoms with E-state index in [1.165, 1.54) is 6.92 Å². The van der Waals surface area contributed by atoms with Crippen LogP contribution in [-0.2, 0) is 6.18 Å². The minimum atomic E-state index is -4.47. The first-order valence-corrected chi connectivity index (χ1v) is 3.61. The molecule has 0 aliphatic heterocycles. The summed E-state index contributed by atoms with van der Waals surface area (Å²) in [6.45, 7) is 1.47. The highest BCUT2D eigenvalue weighted by Crippen LogP contribution is 2.27. The number of fused-ring (bicyclic) bond motifs is 1. The average Bonchev–Trinajstić information content (AvgIpc) is 2.50. The van der Waals surface area contributed by atoms with Crippen LogP contribution >= 0.6 is 0 Å². The molecule has 14 heavy (non-hydrogen) atoms. The number of aromatic nitrogens is 5. The highest BCUT2D eigenvalue weighted by atomic mass is 19.4. The third-order valence-corrected chi connectivity index (χ3v) is 1.64. The molecule has 0 aliphatic carbocycles. The normalized spacial score (nSPS) is 12.3. The minimum Gasteiger partial charge on any atom is -0.205 e. The molecular weight excluding hydrogens is 199 g/mol. The zero-order valence-electron chi connectivity index (χ0n) is 6.95. The quantitative estimate of drug-likeness (QED) is 0.636. The van der Waals surface area contributed by atoms with Crippen LogP contribution in [0.5, 0.6) is 0 Å². The fraction of sp³-hybridized carbons (Fsp3) is 0.333. The summed E-state index contributed by atoms with van der Waals surface area (Å²) in [5, 5.41) is 10.0. The van der Waals surface area contributed by atoms with Crippen molar-refractivity contribution < 1.29 is 13.2 Å². The number of halogens is 3. The van der Waals surface area contributed by atoms with E-state index in [0.717, 1.165) is 10.6 Å². The Morgan fingerprint density at radius 2 is 2.07 bits per heavy atom. The zero-order valence-corrected chi connectivity index (χ0v) is 6.95. The van der Waals surface area contributed by atoms with Crippen LogP contribution in [0.4, 0.5) is 13.2 Å². The summed E-state index contributed by atoms with van der Waals surface area (Å²) < 4.78 is 37.9. The molecule has 0 unspecified atom stereocenters. The van der Waals surface area contributed by atoms with E-state index < -0.39 is 11.9 Å². The van der Waals surface area contributed by atoms with Crippen molar-refractivity contribution in [2.75, 3.05) is 0 Å². The van der Waals surface area contributed by atoms with Crippen LogP contribution in [0.2, 0.25) is 0 Å². The zero-order chi connectivity index (χ0) is 10.3. The summed E-state index contributed by atoms with van der Waals surface area (Å²) in [4.78, 5) is 3.27. The summed E-state index contributed by atoms with van der Waals surface area (Å²) in [5.74, 6) is -0.155. The maximum Gasteiger partial charge on any atom is 0.433 e. The molecule has 0 saturated carbocycles. The lowest BCUT2D eigenvalue weighted by Gasteiger charge is -2.05. The number of rotatable bonds is 0. The lowest BCUT2D eigenvalue weighted by Crippen LogP contribution is -2.11. The van der Waals surface area contributed by atoms with Crippen molar-refractivity contribution >= 4 is 5.78 Å². The molecule has 74 valence electrons. The van der Waals surface area contributed by atoms with Crippen molar-refractivity contribution in [2.45, 2.75) is 13.1 Å². The molecule has 0 bridgehead atoms. The van der Waals surface area contributed by atoms with Gasteiger partial charge in [0.1, 0.15) is 5.69 Å². The van der Waals surface area contributed by atoms with E-state index in [1.807, 2.05) is 0 Å². The minimum absolute atomic E-state index is 0.155. The molecule has 0 aliphatic rings. The molecule has 2 aromatic rings. The van der Waals surface area contributed by atoms with Gasteiger partial charge in [-0.3, -0.25) is 0 Å². The van der Waals surface area contributed by atoms with E-state index in [1.54, 1.807) is 0 Å². The first-order valence-electron chi connectivity index (χ1n) is 3.61. The highest BCUT2D eigenvalue weighted by Gasteiger charge is 2.33. The van der Waals surface area contributed by atoms with Gasteiger partial charge in [0, 0.05) is 5.69 Å². The standard InChI is InChI=1S/C6H4F3N5/c1-3-2-4(6(7,8)9)10-5-11-12-13-14(3)5/h2H,1H3. The maximum atomic E-state index is 12.3. The Labute approximate surface area is 75.6 Å². The molecule has 0 aromatic carbocycles. The van der Waals surface area contributed by atoms with Crippen LogP contribution in [0.1, 0.15) is 11.4 Å². The molecule has 0 fully saturated rings. The fourth-order valence-electron chi connectivity index (χ4n) is 1.02. The molecule has 5 nitrogen and oxygen atoms in total. The Balaban J connectivity index is 2.70. The summed E-state index contributed by atoms with van der Waals surface area (Å²) in [5.41, 5.74) is -0.704. The Morgan fingerprint density at radius 1 is 1.36 bits per heavy atom. The summed E-state index contributed by atoms with van der Waals surface area (Å²) in [6.07, 6.45) is -4.47. The first kappa shape index (κ1) is 8.85. The summed E-state index contributed by atoms with van der Waals surface area (Å²) in [7, 11) is 0. The van der Waals surface area contributed by atoms with Crippen molar-refractivity contribution in [2.24, 2.45) is 0 Å². The summed E-state index contributed by atoms with van der Waals surface area (Å²) >= 11 is 0. The van der Waals surface area contributed by atoms with Gasteiger partial charge in [0.2, 0.25) is 0 Å². The third kappa shape index (κ3) is 1.28. The number of hydrogen-bond donors (Lipinski definition) is 0. The van der Waals surface area contributed by atoms with Gasteiger partial charge >= 0.3 is 6.18 Å². The molecule has 0 spiro atoms. The number of nitrogens with zero attached hydrogens (tertiary/aromatic N) is 5. The summed E-state index contributed by atoms with van der Waals surface area (Å²) in [6, 6.07) is 0.892. The second-order valence-corrected chi connectivity index (χ2v) is 2.67. The van der Waals surface area contributed by atoms with E-state index in [4.69, 9.17) is 0 Å². The van der Waals surface area contributed by atoms with E-state index in [9.17, 15) is 13.2 Å². The van der Waals surface area contributed by atoms with Gasteiger partial charge in [0.05, 0.1) is 0 Å². The van der Waals surface area contributed by atoms with Crippen LogP contribution in [0.25, 0.3) is 5.78 Å². The first-order chi connectivity index (χ1) is 6.48. The number of hydrogen-bond acceptors (Lipinski definition) is 4. The Morgan fingerprint density at radius 3 is 2.71 bits per heavy atom. The van der Waals surface area contributed by atoms with Crippen LogP contribution in [0, 0.1) is 6.92 Å². The van der Waals surface area contributed by atoms with E-state index in [2.05, 4.69) is 20.5 Å². The highest BCUT2D eigenvalue weighted by molar-refractivity contribution is 5.29. The van der Waals surface area contributed by atoms with Crippen molar-refractivity contribution in [1.29, 1.82) is 0 Å². The molecule has 2 aromatic heterocycles. The van der Waals surface area contributed by atoms with Gasteiger partial charge in [0.15, 0.2) is 0 Å². The molecule has 0 saturated heterocycles. The molecule has 0 radical (unpaired) electrons. The second-order valence-electron chi connectivity index (χ2n) is 2.67. The maximum absolute atomic E-state index is 12.3. The van der Waals surface area contributed by atoms with Gasteiger partial charge in [-0.15, -0.1) is 0 Å². The van der Waals surface area contributed by atoms with Gasteiger partial charge in [0.25, 0.3) is 5.78 Å². The SMILES string of the molecule is Cc1cc(C(F)(F)F)nc2nnnn12. The van der Waals surface area contributed by atoms with Crippen LogP contribution in [-0.4, -0.2) is 25.0 Å². The Kier molecular flexibility index (Phi) is 1.66. The number of aryl methyl sites for hydroxylation is 1. The number of alkyl halides is 3. The molecule has 8 heteroatoms. The predicted octanol–water partition coefficient (Wildman–Crippen LogP) is 0.847. The van der Waals surface area contributed by atoms with Gasteiger partial charge < -0.3 is 0 Å². The van der Waals surface area contributed by atoms with Crippen molar-refractivity contribution in [3.05, 3.63) is 17.5 Å². The molecule has 2 heterocycles. The molecular formula is C6H4F3N5. The Hall–Kier alpha value is -1.73. The topological polar surface area (TPSA) is 56.0 Å². The smallest absolute Gasteiger partial charge is 0.205 e. The third-order valence-electron chi connectivity index (χ3n) is 1.64. The molecule has 0 N–H and O–H groups in total. The van der Waals surface area contributed by atoms with Crippen molar-refractivity contribution in [1.82, 2.24) is 25.0 Å². The predicted molar refractivity (Wildman–Crippen MR) is 38.3 cm³/mol. The fourth-order valence-corrected chi connectivity index (χ4v) is 1.02. The van der Waals surface area contributed by atoms with Gasteiger partial charge in [-0.25, -0.2) is 4.98 Å². The van der Waals surface area contributed by atoms with Gasteiger partial charge in [-0.2, -0.15) is 17.7 Å². The molecule has 0 atom stereocenters. The van der Waals surface area contributed by atoms with Crippen molar-refractivity contribution in [3.8, 4) is 0 Å². The molecule has 0 amide bonds. The van der Waals surface area contributed by atoms with Gasteiger partial charge in [-0.05, 0) is 23.4 Å². The molecule has 2 rings (SSSR count). The van der Waals surface area contributed by atoms with E-state index in [0.29, 0.717) is 0 Å². The van der Waals surface area contributed by atoms with E-state index in [-0.39, 0.29) is 11.5 Å². The number of tetrazole rings is 1. The largest absolute Gasteiger partial charge is 0.433 e. The Bertz CT molecular complexity index is 474. The van der Waals surface area contributed by atoms with Gasteiger partial charge in [-0.1, -0.05) is 5.10 Å². The monoisotopic (exact) mass is 203 g/mol. The van der Waals surface area contributed by atoms with Crippen LogP contribution in [0.15, 0.2) is 6.07 Å². The second kappa shape index (κ2) is 2.63. The lowest BCUT2D eigenvalue weighted by atomic mass is 10.3. The van der Waals surface area contributed by atoms with Crippen LogP contribution in [0.3, 0.4) is 0 Å². The van der Waals surface area contributed by atoms with Crippen LogP contribution < -0.4 is 0 Å². The lowest BCUT2D eigenvalue weighted by molar-refractivity contribution is -0.141. The average molecular weight is 203 g/mol. The van der Waals surface area contributed by atoms with Crippen molar-refractivity contribution in [3.63, 3.8) is 0 Å². The van der Waals surface area contributed by atoms with E-state index >= 15 is 0 Å².